The van der Waals surface area contributed by atoms with Crippen molar-refractivity contribution in [2.45, 2.75) is 317 Å². The number of carboxylic acid groups (broad SMARTS) is 2. The van der Waals surface area contributed by atoms with Crippen molar-refractivity contribution in [2.24, 2.45) is 94.6 Å². The molecule has 0 amide bonds. The number of ketones is 1. The molecule has 0 spiro atoms. The molecule has 23 nitrogen and oxygen atoms in total. The van der Waals surface area contributed by atoms with Crippen molar-refractivity contribution in [3.63, 3.8) is 0 Å². The Morgan fingerprint density at radius 1 is 0.458 bits per heavy atom. The Labute approximate surface area is 776 Å². The molecule has 120 heavy (non-hydrogen) atoms. The number of aromatic hydroxyl groups is 6. The quantitative estimate of drug-likeness (QED) is 0.0248. The van der Waals surface area contributed by atoms with Gasteiger partial charge in [0.15, 0.2) is 40.3 Å². The van der Waals surface area contributed by atoms with E-state index in [2.05, 4.69) is 76.2 Å². The van der Waals surface area contributed by atoms with E-state index >= 15 is 0 Å². The van der Waals surface area contributed by atoms with Gasteiger partial charge in [0, 0.05) is 22.7 Å². The van der Waals surface area contributed by atoms with Gasteiger partial charge in [0.1, 0.15) is 40.9 Å². The van der Waals surface area contributed by atoms with Gasteiger partial charge >= 0.3 is 107 Å². The molecule has 0 heterocycles. The molecule has 9 N–H and O–H groups in total. The van der Waals surface area contributed by atoms with Crippen LogP contribution in [0.1, 0.15) is 324 Å². The van der Waals surface area contributed by atoms with Crippen LogP contribution < -0.4 is 88.7 Å². The molecule has 15 rings (SSSR count). The van der Waals surface area contributed by atoms with Crippen molar-refractivity contribution in [3.05, 3.63) is 79.9 Å². The number of aliphatic carboxylic acids is 2. The van der Waals surface area contributed by atoms with E-state index in [0.29, 0.717) is 93.1 Å². The monoisotopic (exact) mass is 1750 g/mol. The third-order valence-electron chi connectivity index (χ3n) is 37.4. The molecule has 650 valence electrons. The number of aliphatic hydroxyl groups excluding tert-OH is 1. The van der Waals surface area contributed by atoms with Crippen LogP contribution in [0, 0.1) is 115 Å². The van der Waals surface area contributed by atoms with E-state index in [4.69, 9.17) is 4.74 Å². The zero-order chi connectivity index (χ0) is 87.2. The molecule has 0 aromatic heterocycles. The molecule has 24 atom stereocenters. The van der Waals surface area contributed by atoms with Gasteiger partial charge in [-0.25, -0.2) is 25.3 Å². The summed E-state index contributed by atoms with van der Waals surface area (Å²) in [5.41, 5.74) is -4.27. The Balaban J connectivity index is 0.000000187. The summed E-state index contributed by atoms with van der Waals surface area (Å²) in [6.45, 7) is 38.5. The number of esters is 1. The van der Waals surface area contributed by atoms with Crippen LogP contribution in [0.15, 0.2) is 29.8 Å². The van der Waals surface area contributed by atoms with Crippen molar-refractivity contribution in [2.75, 3.05) is 6.61 Å². The van der Waals surface area contributed by atoms with Gasteiger partial charge < -0.3 is 64.4 Å². The fourth-order valence-electron chi connectivity index (χ4n) is 29.2. The number of phenolic OH excluding ortho intramolecular Hbond substituents is 6. The summed E-state index contributed by atoms with van der Waals surface area (Å²) in [6.07, 6.45) is 17.0. The summed E-state index contributed by atoms with van der Waals surface area (Å²) >= 11 is 0. The standard InChI is InChI=1S/C33H48O7S.C29H42O8S.C29H40O8S.3Na/c1-8-9-16-40-28(36)30(4)11-10-29(3)12-14-32(6)24-18-23(41(37,38)39)26-20(2)27(35)22(34)17-21(26)31(24,5)13-15-33(32,7)25(29)19-30;2*1-15-19-16(13-17(30)20(15)31)27(4)10-12-28(5)18-14-26(3,24(33)34)8-7-25(18,2)9-11-29(28,6)23(27)21(32)22(19)38(35,36)37;;;/h17-18,23,25,34-35H,8-16,19H2,1-7H3,(H,37,38,39);13,18,21-23,30-32H,7-12,14H2,1-6H3,(H,33,34)(H,35,36,37);13,18,22-23,30-31H,7-12,14H2,1-6H3,(H,33,34)(H,35,36,37);;;/q;;;3*+1/p-3/t23?,25-,29-,30-,31+,32-,33+;18-,21?,22?,23?,25-,26-,27+,28+,29-;18-,22?,23?,25-,26-,27+,28+,29-;;;/m111.../s1. The van der Waals surface area contributed by atoms with E-state index in [1.54, 1.807) is 19.9 Å². The number of Topliss-reactive ketones (excluding diaryl/α,β-unsaturated/α-hetero) is 1. The van der Waals surface area contributed by atoms with Gasteiger partial charge in [-0.3, -0.25) is 19.2 Å². The molecule has 0 saturated heterocycles. The number of benzene rings is 3. The zero-order valence-electron chi connectivity index (χ0n) is 74.9. The van der Waals surface area contributed by atoms with Crippen molar-refractivity contribution < 1.29 is 197 Å². The average Bonchev–Trinajstić information content (AvgIpc) is 0.673. The second kappa shape index (κ2) is 31.4. The number of fused-ring (bicyclic) bond motifs is 21. The number of carbonyl (C=O) groups is 4. The number of phenols is 6. The van der Waals surface area contributed by atoms with Crippen LogP contribution in [-0.2, 0) is 70.5 Å². The van der Waals surface area contributed by atoms with Crippen LogP contribution in [0.5, 0.6) is 34.5 Å². The van der Waals surface area contributed by atoms with Crippen molar-refractivity contribution >= 4 is 54.0 Å². The van der Waals surface area contributed by atoms with Gasteiger partial charge in [0.25, 0.3) is 0 Å². The maximum atomic E-state index is 14.4. The number of hydrogen-bond acceptors (Lipinski definition) is 21. The average molecular weight is 1750 g/mol. The van der Waals surface area contributed by atoms with Crippen molar-refractivity contribution in [1.29, 1.82) is 0 Å². The van der Waals surface area contributed by atoms with Crippen LogP contribution in [0.2, 0.25) is 0 Å². The summed E-state index contributed by atoms with van der Waals surface area (Å²) in [4.78, 5) is 52.4. The summed E-state index contributed by atoms with van der Waals surface area (Å²) in [5, 5.41) is 90.1. The van der Waals surface area contributed by atoms with E-state index in [1.165, 1.54) is 32.0 Å². The molecule has 12 aliphatic rings. The summed E-state index contributed by atoms with van der Waals surface area (Å²) in [5.74, 6) is -6.05. The van der Waals surface area contributed by atoms with Gasteiger partial charge in [0.05, 0.1) is 34.2 Å². The largest absolute Gasteiger partial charge is 1.00 e. The molecule has 0 aliphatic heterocycles. The fraction of sp³-hybridized carbons (Fsp3) is 0.736. The number of carboxylic acids is 2. The number of unbranched alkanes of at least 4 members (excludes halogenated alkanes) is 1. The Morgan fingerprint density at radius 2 is 0.842 bits per heavy atom. The number of carbonyl (C=O) groups excluding carboxylic acids is 2. The number of aliphatic hydroxyl groups is 1. The first kappa shape index (κ1) is 99.1. The van der Waals surface area contributed by atoms with E-state index in [-0.39, 0.29) is 179 Å². The van der Waals surface area contributed by atoms with Crippen molar-refractivity contribution in [3.8, 4) is 34.5 Å². The first-order chi connectivity index (χ1) is 53.4. The zero-order valence-corrected chi connectivity index (χ0v) is 83.4. The molecule has 3 aromatic rings. The molecule has 9 saturated carbocycles. The second-order valence-corrected chi connectivity index (χ2v) is 47.6. The van der Waals surface area contributed by atoms with Gasteiger partial charge in [-0.1, -0.05) is 108 Å². The van der Waals surface area contributed by atoms with E-state index in [0.717, 1.165) is 89.0 Å². The number of allylic oxidation sites excluding steroid dienone is 1. The first-order valence-corrected chi connectivity index (χ1v) is 46.9. The molecule has 29 heteroatoms. The van der Waals surface area contributed by atoms with Crippen LogP contribution in [0.4, 0.5) is 0 Å². The van der Waals surface area contributed by atoms with E-state index < -0.39 is 159 Å². The molecular weight excluding hydrogens is 1630 g/mol. The first-order valence-electron chi connectivity index (χ1n) is 42.5. The van der Waals surface area contributed by atoms with Crippen LogP contribution >= 0.6 is 0 Å². The number of hydrogen-bond donors (Lipinski definition) is 9. The molecule has 9 fully saturated rings. The minimum atomic E-state index is -5.14. The summed E-state index contributed by atoms with van der Waals surface area (Å²) in [6, 6.07) is 4.21. The molecule has 12 aliphatic carbocycles. The Hall–Kier alpha value is -3.03. The van der Waals surface area contributed by atoms with Crippen LogP contribution in [0.25, 0.3) is 0 Å². The topological polar surface area (TPSA) is 431 Å². The summed E-state index contributed by atoms with van der Waals surface area (Å²) in [7, 11) is -15.0. The Kier molecular flexibility index (Phi) is 25.9. The maximum Gasteiger partial charge on any atom is 1.00 e. The smallest absolute Gasteiger partial charge is 0.747 e. The van der Waals surface area contributed by atoms with Crippen molar-refractivity contribution in [1.82, 2.24) is 0 Å². The van der Waals surface area contributed by atoms with Crippen LogP contribution in [-0.4, -0.2) is 121 Å². The van der Waals surface area contributed by atoms with Crippen LogP contribution in [0.3, 0.4) is 0 Å². The normalized spacial score (nSPS) is 42.4. The fourth-order valence-corrected chi connectivity index (χ4v) is 32.2. The Morgan fingerprint density at radius 3 is 1.30 bits per heavy atom. The predicted molar refractivity (Wildman–Crippen MR) is 435 cm³/mol. The third kappa shape index (κ3) is 14.1. The molecule has 3 aromatic carbocycles. The SMILES string of the molecule is CCCCOC(=O)[C@]1(C)CC[C@]2(C)CC[C@]3(C)C4=CC(S(=O)(=O)[O-])c5c(cc(O)c(O)c5C)[C@]4(C)CC[C@@]3(C)[C@@H]2C1.Cc1c(O)c(O)cc2c1C(S(=O)(=O)[O-])C(=O)C1[C@@]2(C)CC[C@@]2(C)[C@@H]3C[C@](C)(C(=O)O)CC[C@]3(C)CC[C@]12C.Cc1c(O)c(O)cc2c1C(S(=O)(=O)[O-])C(O)C1[C@@]2(C)CC[C@@]2(C)[C@@H]3C[C@](C)(C(=O)O)CC[C@]3(C)CC[C@]12C.[Na+].[Na+].[Na+]. The molecule has 0 bridgehead atoms. The summed E-state index contributed by atoms with van der Waals surface area (Å²) < 4.78 is 120. The minimum absolute atomic E-state index is 0. The molecule has 0 radical (unpaired) electrons. The number of ether oxygens (including phenoxy) is 1. The second-order valence-electron chi connectivity index (χ2n) is 43.2. The number of rotatable bonds is 9. The van der Waals surface area contributed by atoms with Gasteiger partial charge in [-0.05, 0) is 323 Å². The predicted octanol–water partition coefficient (Wildman–Crippen LogP) is 7.64. The third-order valence-corrected chi connectivity index (χ3v) is 40.6. The maximum absolute atomic E-state index is 14.4. The minimum Gasteiger partial charge on any atom is -0.747 e. The van der Waals surface area contributed by atoms with Gasteiger partial charge in [-0.2, -0.15) is 0 Å². The Bertz CT molecular complexity index is 5110. The van der Waals surface area contributed by atoms with E-state index in [9.17, 15) is 104 Å². The van der Waals surface area contributed by atoms with E-state index in [1.807, 2.05) is 27.7 Å². The van der Waals surface area contributed by atoms with Gasteiger partial charge in [0.2, 0.25) is 0 Å². The molecular formula is C91H127Na3O23S3. The van der Waals surface area contributed by atoms with Gasteiger partial charge in [-0.15, -0.1) is 0 Å². The molecule has 6 unspecified atom stereocenters.